The molecule has 2 amide bonds. The molecule has 0 spiro atoms. The minimum Gasteiger partial charge on any atom is -0.294 e. The summed E-state index contributed by atoms with van der Waals surface area (Å²) >= 11 is 4.39. The molecule has 4 aromatic rings. The van der Waals surface area contributed by atoms with Crippen molar-refractivity contribution >= 4 is 57.6 Å². The van der Waals surface area contributed by atoms with Crippen molar-refractivity contribution in [2.45, 2.75) is 45.7 Å². The first-order chi connectivity index (χ1) is 18.1. The molecule has 3 aromatic heterocycles. The number of rotatable bonds is 9. The van der Waals surface area contributed by atoms with Gasteiger partial charge in [0.25, 0.3) is 0 Å². The van der Waals surface area contributed by atoms with Gasteiger partial charge in [-0.1, -0.05) is 42.4 Å². The molecule has 5 rings (SSSR count). The lowest BCUT2D eigenvalue weighted by atomic mass is 9.97. The maximum Gasteiger partial charge on any atom is 0.326 e. The number of aryl methyl sites for hydroxylation is 1. The molecule has 1 aromatic carbocycles. The number of nitrogens with zero attached hydrogens (tertiary/aromatic N) is 6. The van der Waals surface area contributed by atoms with Crippen LogP contribution in [0.5, 0.6) is 0 Å². The number of hydrogen-bond donors (Lipinski definition) is 2. The monoisotopic (exact) mass is 552 g/mol. The zero-order valence-electron chi connectivity index (χ0n) is 20.0. The van der Waals surface area contributed by atoms with Crippen LogP contribution in [0.15, 0.2) is 62.9 Å². The van der Waals surface area contributed by atoms with Crippen molar-refractivity contribution in [3.8, 4) is 0 Å². The largest absolute Gasteiger partial charge is 0.326 e. The van der Waals surface area contributed by atoms with Gasteiger partial charge < -0.3 is 0 Å². The number of tetrazole rings is 1. The summed E-state index contributed by atoms with van der Waals surface area (Å²) in [6.07, 6.45) is 5.43. The van der Waals surface area contributed by atoms with E-state index in [9.17, 15) is 9.59 Å². The molecule has 3 heterocycles. The number of hydrogen-bond acceptors (Lipinski definition) is 10. The SMILES string of the molecule is Cn1nnnc1Sc1sc(NC(=O)Nc2ncccc2C(=O)C2CCCC2)nc1CSc1ccccc1. The fourth-order valence-corrected chi connectivity index (χ4v) is 7.00. The normalized spacial score (nSPS) is 13.5. The molecule has 2 N–H and O–H groups in total. The lowest BCUT2D eigenvalue weighted by Gasteiger charge is -2.12. The molecule has 10 nitrogen and oxygen atoms in total. The van der Waals surface area contributed by atoms with E-state index in [1.807, 2.05) is 30.3 Å². The second kappa shape index (κ2) is 11.8. The van der Waals surface area contributed by atoms with Gasteiger partial charge in [-0.3, -0.25) is 15.4 Å². The van der Waals surface area contributed by atoms with Crippen molar-refractivity contribution in [3.05, 3.63) is 59.9 Å². The number of carbonyl (C=O) groups excluding carboxylic acids is 2. The zero-order valence-corrected chi connectivity index (χ0v) is 22.4. The average Bonchev–Trinajstić information content (AvgIpc) is 3.66. The highest BCUT2D eigenvalue weighted by Crippen LogP contribution is 2.38. The first-order valence-electron chi connectivity index (χ1n) is 11.7. The van der Waals surface area contributed by atoms with Gasteiger partial charge in [-0.05, 0) is 59.3 Å². The standard InChI is InChI=1S/C24H24N8O2S3/c1-32-24(29-30-31-32)37-21-18(14-35-16-10-3-2-4-11-16)26-23(36-21)28-22(34)27-20-17(12-7-13-25-20)19(33)15-8-5-6-9-15/h2-4,7,10-13,15H,5-6,8-9,14H2,1H3,(H2,25,26,27,28,34). The van der Waals surface area contributed by atoms with E-state index in [1.54, 1.807) is 41.8 Å². The Morgan fingerprint density at radius 2 is 1.92 bits per heavy atom. The summed E-state index contributed by atoms with van der Waals surface area (Å²) in [5.74, 6) is 0.892. The third-order valence-electron chi connectivity index (χ3n) is 5.80. The predicted molar refractivity (Wildman–Crippen MR) is 144 cm³/mol. The number of aromatic nitrogens is 6. The van der Waals surface area contributed by atoms with Crippen LogP contribution in [0.4, 0.5) is 15.7 Å². The van der Waals surface area contributed by atoms with E-state index in [-0.39, 0.29) is 17.5 Å². The van der Waals surface area contributed by atoms with Crippen molar-refractivity contribution in [2.24, 2.45) is 13.0 Å². The second-order valence-electron chi connectivity index (χ2n) is 8.37. The third-order valence-corrected chi connectivity index (χ3v) is 9.08. The number of carbonyl (C=O) groups is 2. The van der Waals surface area contributed by atoms with E-state index >= 15 is 0 Å². The summed E-state index contributed by atoms with van der Waals surface area (Å²) in [6.45, 7) is 0. The number of Topliss-reactive ketones (excluding diaryl/α,β-unsaturated/α-hetero) is 1. The van der Waals surface area contributed by atoms with Gasteiger partial charge in [-0.25, -0.2) is 19.4 Å². The molecule has 0 bridgehead atoms. The van der Waals surface area contributed by atoms with Gasteiger partial charge in [-0.2, -0.15) is 0 Å². The summed E-state index contributed by atoms with van der Waals surface area (Å²) in [5.41, 5.74) is 1.26. The number of ketones is 1. The van der Waals surface area contributed by atoms with E-state index < -0.39 is 6.03 Å². The lowest BCUT2D eigenvalue weighted by Crippen LogP contribution is -2.23. The van der Waals surface area contributed by atoms with Crippen LogP contribution in [0, 0.1) is 5.92 Å². The molecule has 0 atom stereocenters. The number of pyridine rings is 1. The maximum absolute atomic E-state index is 13.0. The Morgan fingerprint density at radius 1 is 1.11 bits per heavy atom. The first kappa shape index (κ1) is 25.4. The summed E-state index contributed by atoms with van der Waals surface area (Å²) in [4.78, 5) is 35.9. The smallest absolute Gasteiger partial charge is 0.294 e. The van der Waals surface area contributed by atoms with Gasteiger partial charge in [0, 0.05) is 29.8 Å². The van der Waals surface area contributed by atoms with Crippen LogP contribution in [0.2, 0.25) is 0 Å². The van der Waals surface area contributed by atoms with Crippen molar-refractivity contribution in [3.63, 3.8) is 0 Å². The third kappa shape index (κ3) is 6.35. The van der Waals surface area contributed by atoms with Crippen LogP contribution in [-0.4, -0.2) is 42.0 Å². The topological polar surface area (TPSA) is 128 Å². The predicted octanol–water partition coefficient (Wildman–Crippen LogP) is 5.52. The number of amides is 2. The van der Waals surface area contributed by atoms with Crippen LogP contribution in [0.3, 0.4) is 0 Å². The Labute approximate surface area is 226 Å². The lowest BCUT2D eigenvalue weighted by molar-refractivity contribution is 0.0923. The molecular formula is C24H24N8O2S3. The minimum atomic E-state index is -0.507. The number of benzene rings is 1. The van der Waals surface area contributed by atoms with Crippen LogP contribution >= 0.6 is 34.9 Å². The molecule has 0 aliphatic heterocycles. The molecule has 0 saturated heterocycles. The molecule has 0 radical (unpaired) electrons. The Hall–Kier alpha value is -3.29. The molecule has 0 unspecified atom stereocenters. The van der Waals surface area contributed by atoms with Gasteiger partial charge in [0.15, 0.2) is 10.9 Å². The highest BCUT2D eigenvalue weighted by atomic mass is 32.2. The van der Waals surface area contributed by atoms with E-state index in [0.717, 1.165) is 40.5 Å². The number of anilines is 2. The average molecular weight is 553 g/mol. The Balaban J connectivity index is 1.31. The summed E-state index contributed by atoms with van der Waals surface area (Å²) in [6, 6.07) is 13.0. The summed E-state index contributed by atoms with van der Waals surface area (Å²) in [5, 5.41) is 18.2. The van der Waals surface area contributed by atoms with E-state index in [0.29, 0.717) is 21.6 Å². The van der Waals surface area contributed by atoms with Gasteiger partial charge in [0.05, 0.1) is 15.5 Å². The van der Waals surface area contributed by atoms with Crippen LogP contribution in [0.25, 0.3) is 0 Å². The Morgan fingerprint density at radius 3 is 2.68 bits per heavy atom. The number of nitrogens with one attached hydrogen (secondary N) is 2. The molecule has 37 heavy (non-hydrogen) atoms. The van der Waals surface area contributed by atoms with Crippen molar-refractivity contribution in [1.82, 2.24) is 30.2 Å². The van der Waals surface area contributed by atoms with Crippen LogP contribution in [0.1, 0.15) is 41.7 Å². The number of thioether (sulfide) groups is 1. The van der Waals surface area contributed by atoms with Crippen LogP contribution < -0.4 is 10.6 Å². The summed E-state index contributed by atoms with van der Waals surface area (Å²) in [7, 11) is 1.77. The van der Waals surface area contributed by atoms with E-state index in [4.69, 9.17) is 0 Å². The van der Waals surface area contributed by atoms with E-state index in [2.05, 4.69) is 36.1 Å². The fourth-order valence-electron chi connectivity index (χ4n) is 3.97. The number of thiazole rings is 1. The summed E-state index contributed by atoms with van der Waals surface area (Å²) < 4.78 is 2.47. The first-order valence-corrected chi connectivity index (χ1v) is 14.3. The van der Waals surface area contributed by atoms with E-state index in [1.165, 1.54) is 23.1 Å². The zero-order chi connectivity index (χ0) is 25.6. The molecule has 190 valence electrons. The Kier molecular flexibility index (Phi) is 8.12. The minimum absolute atomic E-state index is 0.00821. The molecule has 1 fully saturated rings. The van der Waals surface area contributed by atoms with Gasteiger partial charge >= 0.3 is 6.03 Å². The fraction of sp³-hybridized carbons (Fsp3) is 0.292. The van der Waals surface area contributed by atoms with Crippen molar-refractivity contribution in [1.29, 1.82) is 0 Å². The quantitative estimate of drug-likeness (QED) is 0.204. The maximum atomic E-state index is 13.0. The molecular weight excluding hydrogens is 529 g/mol. The van der Waals surface area contributed by atoms with Gasteiger partial charge in [0.2, 0.25) is 5.16 Å². The second-order valence-corrected chi connectivity index (χ2v) is 11.7. The van der Waals surface area contributed by atoms with Crippen LogP contribution in [-0.2, 0) is 12.8 Å². The molecule has 13 heteroatoms. The van der Waals surface area contributed by atoms with Crippen molar-refractivity contribution < 1.29 is 9.59 Å². The van der Waals surface area contributed by atoms with Crippen molar-refractivity contribution in [2.75, 3.05) is 10.6 Å². The highest BCUT2D eigenvalue weighted by Gasteiger charge is 2.26. The van der Waals surface area contributed by atoms with Gasteiger partial charge in [0.1, 0.15) is 5.82 Å². The molecule has 1 saturated carbocycles. The van der Waals surface area contributed by atoms with Gasteiger partial charge in [-0.15, -0.1) is 16.9 Å². The highest BCUT2D eigenvalue weighted by molar-refractivity contribution is 8.01. The molecule has 1 aliphatic rings. The number of urea groups is 1. The Bertz CT molecular complexity index is 1390. The molecule has 1 aliphatic carbocycles.